The number of carboxylic acid groups (broad SMARTS) is 1. The molecule has 2 aromatic rings. The molecule has 0 radical (unpaired) electrons. The van der Waals surface area contributed by atoms with Gasteiger partial charge in [-0.15, -0.1) is 11.3 Å². The van der Waals surface area contributed by atoms with Gasteiger partial charge >= 0.3 is 11.9 Å². The van der Waals surface area contributed by atoms with E-state index in [0.717, 1.165) is 16.7 Å². The average molecular weight is 442 g/mol. The highest BCUT2D eigenvalue weighted by atomic mass is 32.1. The van der Waals surface area contributed by atoms with E-state index in [1.807, 2.05) is 43.5 Å². The Hall–Kier alpha value is -2.93. The predicted molar refractivity (Wildman–Crippen MR) is 121 cm³/mol. The van der Waals surface area contributed by atoms with Crippen molar-refractivity contribution in [2.45, 2.75) is 46.6 Å². The zero-order valence-electron chi connectivity index (χ0n) is 18.1. The Morgan fingerprint density at radius 1 is 1.10 bits per heavy atom. The zero-order valence-corrected chi connectivity index (χ0v) is 18.9. The molecule has 1 aromatic carbocycles. The average Bonchev–Trinajstić information content (AvgIpc) is 3.12. The van der Waals surface area contributed by atoms with Crippen LogP contribution < -0.4 is 5.32 Å². The first-order valence-corrected chi connectivity index (χ1v) is 11.2. The number of rotatable bonds is 6. The van der Waals surface area contributed by atoms with Crippen LogP contribution >= 0.6 is 11.3 Å². The Labute approximate surface area is 185 Å². The molecule has 2 N–H and O–H groups in total. The summed E-state index contributed by atoms with van der Waals surface area (Å²) in [5.74, 6) is -3.38. The van der Waals surface area contributed by atoms with Gasteiger partial charge in [-0.25, -0.2) is 4.79 Å². The van der Waals surface area contributed by atoms with E-state index in [2.05, 4.69) is 5.32 Å². The topological polar surface area (TPSA) is 92.7 Å². The molecule has 164 valence electrons. The molecule has 1 aromatic heterocycles. The van der Waals surface area contributed by atoms with Gasteiger partial charge in [-0.1, -0.05) is 35.9 Å². The molecule has 0 fully saturated rings. The van der Waals surface area contributed by atoms with Gasteiger partial charge in [0.25, 0.3) is 0 Å². The van der Waals surface area contributed by atoms with Gasteiger partial charge in [-0.2, -0.15) is 0 Å². The normalized spacial score (nSPS) is 18.1. The summed E-state index contributed by atoms with van der Waals surface area (Å²) in [5.41, 5.74) is 3.96. The first kappa shape index (κ1) is 22.7. The lowest BCUT2D eigenvalue weighted by atomic mass is 9.82. The molecule has 0 saturated heterocycles. The van der Waals surface area contributed by atoms with Gasteiger partial charge in [-0.05, 0) is 51.7 Å². The maximum Gasteiger partial charge on any atom is 0.342 e. The lowest BCUT2D eigenvalue weighted by Crippen LogP contribution is -2.34. The minimum atomic E-state index is -0.994. The van der Waals surface area contributed by atoms with Gasteiger partial charge in [-0.3, -0.25) is 9.59 Å². The summed E-state index contributed by atoms with van der Waals surface area (Å²) in [6, 6.07) is 5.99. The fraction of sp³-hybridized carbons (Fsp3) is 0.375. The summed E-state index contributed by atoms with van der Waals surface area (Å²) >= 11 is 1.24. The summed E-state index contributed by atoms with van der Waals surface area (Å²) in [5, 5.41) is 14.5. The quantitative estimate of drug-likeness (QED) is 0.475. The second-order valence-corrected chi connectivity index (χ2v) is 8.99. The minimum absolute atomic E-state index is 0.305. The lowest BCUT2D eigenvalue weighted by molar-refractivity contribution is -0.146. The third kappa shape index (κ3) is 5.05. The molecule has 3 rings (SSSR count). The van der Waals surface area contributed by atoms with Crippen LogP contribution in [0.5, 0.6) is 0 Å². The highest BCUT2D eigenvalue weighted by Crippen LogP contribution is 2.39. The first-order valence-electron chi connectivity index (χ1n) is 10.3. The molecule has 1 amide bonds. The molecule has 6 nitrogen and oxygen atoms in total. The molecule has 1 aliphatic carbocycles. The Morgan fingerprint density at radius 2 is 1.77 bits per heavy atom. The van der Waals surface area contributed by atoms with E-state index >= 15 is 0 Å². The number of hydrogen-bond acceptors (Lipinski definition) is 5. The van der Waals surface area contributed by atoms with Crippen molar-refractivity contribution >= 4 is 34.2 Å². The lowest BCUT2D eigenvalue weighted by Gasteiger charge is -2.24. The molecule has 0 unspecified atom stereocenters. The molecule has 7 heteroatoms. The molecule has 1 heterocycles. The van der Waals surface area contributed by atoms with Crippen LogP contribution in [0.15, 0.2) is 35.7 Å². The van der Waals surface area contributed by atoms with Gasteiger partial charge in [0.1, 0.15) is 10.6 Å². The van der Waals surface area contributed by atoms with Crippen LogP contribution in [0, 0.1) is 25.7 Å². The Bertz CT molecular complexity index is 1040. The van der Waals surface area contributed by atoms with Gasteiger partial charge in [0.15, 0.2) is 0 Å². The second-order valence-electron chi connectivity index (χ2n) is 8.11. The fourth-order valence-corrected chi connectivity index (χ4v) is 4.68. The third-order valence-electron chi connectivity index (χ3n) is 5.34. The summed E-state index contributed by atoms with van der Waals surface area (Å²) < 4.78 is 5.47. The first-order chi connectivity index (χ1) is 14.7. The molecule has 1 aliphatic rings. The number of thiophene rings is 1. The highest BCUT2D eigenvalue weighted by molar-refractivity contribution is 7.15. The van der Waals surface area contributed by atoms with Gasteiger partial charge < -0.3 is 15.2 Å². The van der Waals surface area contributed by atoms with Crippen LogP contribution in [0.2, 0.25) is 0 Å². The van der Waals surface area contributed by atoms with Crippen molar-refractivity contribution in [1.82, 2.24) is 0 Å². The highest BCUT2D eigenvalue weighted by Gasteiger charge is 2.35. The number of anilines is 1. The van der Waals surface area contributed by atoms with E-state index in [9.17, 15) is 19.5 Å². The van der Waals surface area contributed by atoms with Crippen molar-refractivity contribution in [2.24, 2.45) is 11.8 Å². The fourth-order valence-electron chi connectivity index (χ4n) is 3.73. The van der Waals surface area contributed by atoms with Crippen molar-refractivity contribution in [3.05, 3.63) is 52.4 Å². The summed E-state index contributed by atoms with van der Waals surface area (Å²) in [6.45, 7) is 7.48. The number of amides is 1. The maximum absolute atomic E-state index is 13.0. The largest absolute Gasteiger partial charge is 0.481 e. The van der Waals surface area contributed by atoms with E-state index in [0.29, 0.717) is 29.0 Å². The van der Waals surface area contributed by atoms with Crippen LogP contribution in [0.4, 0.5) is 5.00 Å². The van der Waals surface area contributed by atoms with Crippen molar-refractivity contribution < 1.29 is 24.2 Å². The molecule has 0 bridgehead atoms. The molecular weight excluding hydrogens is 414 g/mol. The second kappa shape index (κ2) is 9.47. The molecule has 31 heavy (non-hydrogen) atoms. The monoisotopic (exact) mass is 441 g/mol. The van der Waals surface area contributed by atoms with Crippen LogP contribution in [-0.2, 0) is 14.3 Å². The summed E-state index contributed by atoms with van der Waals surface area (Å²) in [4.78, 5) is 37.6. The van der Waals surface area contributed by atoms with Crippen LogP contribution in [-0.4, -0.2) is 29.1 Å². The number of aliphatic carboxylic acids is 1. The number of carbonyl (C=O) groups excluding carboxylic acids is 2. The minimum Gasteiger partial charge on any atom is -0.481 e. The zero-order chi connectivity index (χ0) is 22.7. The molecule has 0 saturated carbocycles. The van der Waals surface area contributed by atoms with Crippen LogP contribution in [0.3, 0.4) is 0 Å². The number of aryl methyl sites for hydroxylation is 2. The molecule has 2 atom stereocenters. The molecular formula is C24H27NO5S. The number of benzene rings is 1. The van der Waals surface area contributed by atoms with E-state index < -0.39 is 29.7 Å². The van der Waals surface area contributed by atoms with Crippen molar-refractivity contribution in [2.75, 3.05) is 5.32 Å². The maximum atomic E-state index is 13.0. The number of carbonyl (C=O) groups is 3. The number of hydrogen-bond donors (Lipinski definition) is 2. The van der Waals surface area contributed by atoms with Crippen LogP contribution in [0.1, 0.15) is 48.2 Å². The Morgan fingerprint density at radius 3 is 2.42 bits per heavy atom. The van der Waals surface area contributed by atoms with Gasteiger partial charge in [0.2, 0.25) is 5.91 Å². The van der Waals surface area contributed by atoms with Crippen molar-refractivity contribution in [3.8, 4) is 11.1 Å². The number of ether oxygens (including phenoxy) is 1. The van der Waals surface area contributed by atoms with Crippen LogP contribution in [0.25, 0.3) is 11.1 Å². The predicted octanol–water partition coefficient (Wildman–Crippen LogP) is 5.20. The Kier molecular flexibility index (Phi) is 6.95. The standard InChI is InChI=1S/C24H27NO5S/c1-13(2)30-24(29)20-19(18-11-14(3)9-10-15(18)4)12-31-22(20)25-21(26)16-7-5-6-8-17(16)23(27)28/h5-6,9-13,16-17H,7-8H2,1-4H3,(H,25,26)(H,27,28)/t16-,17+/m0/s1. The smallest absolute Gasteiger partial charge is 0.342 e. The number of allylic oxidation sites excluding steroid dienone is 2. The molecule has 0 spiro atoms. The third-order valence-corrected chi connectivity index (χ3v) is 6.24. The van der Waals surface area contributed by atoms with Gasteiger partial charge in [0, 0.05) is 10.9 Å². The number of nitrogens with one attached hydrogen (secondary N) is 1. The number of esters is 1. The SMILES string of the molecule is Cc1ccc(C)c(-c2csc(NC(=O)[C@H]3CC=CC[C@H]3C(=O)O)c2C(=O)OC(C)C)c1. The van der Waals surface area contributed by atoms with E-state index in [-0.39, 0.29) is 6.10 Å². The number of carboxylic acids is 1. The molecule has 0 aliphatic heterocycles. The van der Waals surface area contributed by atoms with Gasteiger partial charge in [0.05, 0.1) is 17.9 Å². The van der Waals surface area contributed by atoms with Crippen molar-refractivity contribution in [1.29, 1.82) is 0 Å². The Balaban J connectivity index is 2.00. The van der Waals surface area contributed by atoms with Crippen molar-refractivity contribution in [3.63, 3.8) is 0 Å². The van der Waals surface area contributed by atoms with E-state index in [4.69, 9.17) is 4.74 Å². The summed E-state index contributed by atoms with van der Waals surface area (Å²) in [6.07, 6.45) is 3.96. The van der Waals surface area contributed by atoms with E-state index in [1.165, 1.54) is 11.3 Å². The van der Waals surface area contributed by atoms with E-state index in [1.54, 1.807) is 19.9 Å². The summed E-state index contributed by atoms with van der Waals surface area (Å²) in [7, 11) is 0.